The van der Waals surface area contributed by atoms with Gasteiger partial charge in [-0.15, -0.1) is 0 Å². The molecule has 1 aliphatic carbocycles. The molecule has 4 heteroatoms. The number of amides is 2. The van der Waals surface area contributed by atoms with Crippen LogP contribution in [0, 0.1) is 0 Å². The number of nitrogens with zero attached hydrogens (tertiary/aromatic N) is 2. The van der Waals surface area contributed by atoms with Crippen molar-refractivity contribution in [3.63, 3.8) is 0 Å². The number of carbonyl (C=O) groups excluding carboxylic acids is 2. The topological polar surface area (TPSA) is 40.6 Å². The van der Waals surface area contributed by atoms with Crippen molar-refractivity contribution >= 4 is 11.8 Å². The fourth-order valence-electron chi connectivity index (χ4n) is 3.57. The van der Waals surface area contributed by atoms with Crippen LogP contribution in [-0.4, -0.2) is 46.8 Å². The van der Waals surface area contributed by atoms with E-state index in [2.05, 4.69) is 12.2 Å². The molecule has 2 amide bonds. The van der Waals surface area contributed by atoms with Crippen LogP contribution in [0.25, 0.3) is 0 Å². The van der Waals surface area contributed by atoms with Gasteiger partial charge in [-0.1, -0.05) is 12.2 Å². The lowest BCUT2D eigenvalue weighted by atomic mass is 9.97. The van der Waals surface area contributed by atoms with Crippen molar-refractivity contribution in [1.82, 2.24) is 9.80 Å². The second-order valence-corrected chi connectivity index (χ2v) is 5.82. The van der Waals surface area contributed by atoms with E-state index in [1.807, 2.05) is 9.80 Å². The number of hydrogen-bond acceptors (Lipinski definition) is 2. The number of rotatable bonds is 1. The molecule has 0 aromatic heterocycles. The Bertz CT molecular complexity index is 405. The molecule has 2 aliphatic heterocycles. The summed E-state index contributed by atoms with van der Waals surface area (Å²) in [4.78, 5) is 28.7. The van der Waals surface area contributed by atoms with Gasteiger partial charge in [-0.25, -0.2) is 0 Å². The fraction of sp³-hybridized carbons (Fsp3) is 0.733. The number of hydrogen-bond donors (Lipinski definition) is 0. The van der Waals surface area contributed by atoms with E-state index in [9.17, 15) is 9.59 Å². The Hall–Kier alpha value is -1.32. The summed E-state index contributed by atoms with van der Waals surface area (Å²) in [7, 11) is 0. The highest BCUT2D eigenvalue weighted by molar-refractivity contribution is 5.90. The maximum Gasteiger partial charge on any atom is 0.245 e. The van der Waals surface area contributed by atoms with Gasteiger partial charge in [0.1, 0.15) is 6.04 Å². The van der Waals surface area contributed by atoms with E-state index < -0.39 is 0 Å². The molecule has 2 saturated heterocycles. The minimum Gasteiger partial charge on any atom is -0.337 e. The quantitative estimate of drug-likeness (QED) is 0.675. The molecule has 0 bridgehead atoms. The molecule has 3 aliphatic rings. The molecule has 0 saturated carbocycles. The summed E-state index contributed by atoms with van der Waals surface area (Å²) in [6, 6.07) is 0.141. The minimum atomic E-state index is -0.172. The first-order valence-corrected chi connectivity index (χ1v) is 7.52. The summed E-state index contributed by atoms with van der Waals surface area (Å²) in [6.07, 6.45) is 10.9. The SMILES string of the molecule is O=C1C2CCCCN2C(=O)CCN1C1CC=CCC1. The summed E-state index contributed by atoms with van der Waals surface area (Å²) in [6.45, 7) is 1.39. The molecule has 0 aromatic carbocycles. The van der Waals surface area contributed by atoms with Gasteiger partial charge in [-0.2, -0.15) is 0 Å². The third-order valence-corrected chi connectivity index (χ3v) is 4.64. The van der Waals surface area contributed by atoms with Crippen LogP contribution >= 0.6 is 0 Å². The molecule has 19 heavy (non-hydrogen) atoms. The zero-order valence-corrected chi connectivity index (χ0v) is 11.4. The van der Waals surface area contributed by atoms with Crippen LogP contribution in [0.2, 0.25) is 0 Å². The number of piperidine rings is 1. The second-order valence-electron chi connectivity index (χ2n) is 5.82. The largest absolute Gasteiger partial charge is 0.337 e. The molecule has 0 aromatic rings. The number of fused-ring (bicyclic) bond motifs is 1. The van der Waals surface area contributed by atoms with E-state index in [0.29, 0.717) is 19.0 Å². The van der Waals surface area contributed by atoms with Gasteiger partial charge in [0.2, 0.25) is 11.8 Å². The second kappa shape index (κ2) is 5.35. The molecule has 0 radical (unpaired) electrons. The number of carbonyl (C=O) groups is 2. The predicted molar refractivity (Wildman–Crippen MR) is 72.5 cm³/mol. The van der Waals surface area contributed by atoms with Crippen molar-refractivity contribution in [2.45, 2.75) is 57.0 Å². The van der Waals surface area contributed by atoms with Crippen molar-refractivity contribution in [2.24, 2.45) is 0 Å². The highest BCUT2D eigenvalue weighted by atomic mass is 16.2. The Labute approximate surface area is 114 Å². The summed E-state index contributed by atoms with van der Waals surface area (Å²) in [5.41, 5.74) is 0. The highest BCUT2D eigenvalue weighted by Crippen LogP contribution is 2.26. The molecular formula is C15H22N2O2. The molecule has 104 valence electrons. The van der Waals surface area contributed by atoms with Crippen molar-refractivity contribution in [3.8, 4) is 0 Å². The Morgan fingerprint density at radius 1 is 1.00 bits per heavy atom. The molecule has 2 fully saturated rings. The van der Waals surface area contributed by atoms with Gasteiger partial charge < -0.3 is 9.80 Å². The molecule has 2 atom stereocenters. The van der Waals surface area contributed by atoms with E-state index in [4.69, 9.17) is 0 Å². The summed E-state index contributed by atoms with van der Waals surface area (Å²) in [5.74, 6) is 0.373. The normalized spacial score (nSPS) is 32.2. The van der Waals surface area contributed by atoms with E-state index in [-0.39, 0.29) is 17.9 Å². The van der Waals surface area contributed by atoms with Crippen molar-refractivity contribution in [2.75, 3.05) is 13.1 Å². The van der Waals surface area contributed by atoms with E-state index in [0.717, 1.165) is 45.1 Å². The van der Waals surface area contributed by atoms with Crippen LogP contribution in [0.4, 0.5) is 0 Å². The third kappa shape index (κ3) is 2.40. The molecule has 0 N–H and O–H groups in total. The molecule has 0 spiro atoms. The molecular weight excluding hydrogens is 240 g/mol. The maximum absolute atomic E-state index is 12.7. The first-order valence-electron chi connectivity index (χ1n) is 7.52. The predicted octanol–water partition coefficient (Wildman–Crippen LogP) is 1.71. The zero-order valence-electron chi connectivity index (χ0n) is 11.4. The van der Waals surface area contributed by atoms with Gasteiger partial charge in [0.25, 0.3) is 0 Å². The first kappa shape index (κ1) is 12.7. The van der Waals surface area contributed by atoms with Crippen LogP contribution < -0.4 is 0 Å². The van der Waals surface area contributed by atoms with Crippen molar-refractivity contribution in [3.05, 3.63) is 12.2 Å². The van der Waals surface area contributed by atoms with Crippen molar-refractivity contribution < 1.29 is 9.59 Å². The number of allylic oxidation sites excluding steroid dienone is 1. The lowest BCUT2D eigenvalue weighted by Gasteiger charge is -2.37. The van der Waals surface area contributed by atoms with Crippen LogP contribution in [0.3, 0.4) is 0 Å². The van der Waals surface area contributed by atoms with E-state index in [1.165, 1.54) is 0 Å². The van der Waals surface area contributed by atoms with E-state index >= 15 is 0 Å². The molecule has 3 rings (SSSR count). The first-order chi connectivity index (χ1) is 9.27. The average molecular weight is 262 g/mol. The van der Waals surface area contributed by atoms with Crippen LogP contribution in [0.15, 0.2) is 12.2 Å². The fourth-order valence-corrected chi connectivity index (χ4v) is 3.57. The molecule has 2 unspecified atom stereocenters. The van der Waals surface area contributed by atoms with Crippen LogP contribution in [0.5, 0.6) is 0 Å². The lowest BCUT2D eigenvalue weighted by molar-refractivity contribution is -0.144. The molecule has 4 nitrogen and oxygen atoms in total. The Morgan fingerprint density at radius 2 is 1.89 bits per heavy atom. The highest BCUT2D eigenvalue weighted by Gasteiger charge is 2.39. The van der Waals surface area contributed by atoms with E-state index in [1.54, 1.807) is 0 Å². The third-order valence-electron chi connectivity index (χ3n) is 4.64. The van der Waals surface area contributed by atoms with Gasteiger partial charge in [0.15, 0.2) is 0 Å². The van der Waals surface area contributed by atoms with Gasteiger partial charge in [0, 0.05) is 25.6 Å². The zero-order chi connectivity index (χ0) is 13.2. The van der Waals surface area contributed by atoms with Gasteiger partial charge >= 0.3 is 0 Å². The average Bonchev–Trinajstić information content (AvgIpc) is 2.59. The maximum atomic E-state index is 12.7. The Morgan fingerprint density at radius 3 is 2.68 bits per heavy atom. The van der Waals surface area contributed by atoms with Gasteiger partial charge in [0.05, 0.1) is 0 Å². The monoisotopic (exact) mass is 262 g/mol. The van der Waals surface area contributed by atoms with Crippen molar-refractivity contribution in [1.29, 1.82) is 0 Å². The molecule has 2 heterocycles. The Kier molecular flexibility index (Phi) is 3.58. The summed E-state index contributed by atoms with van der Waals surface area (Å²) in [5, 5.41) is 0. The van der Waals surface area contributed by atoms with Gasteiger partial charge in [-0.3, -0.25) is 9.59 Å². The Balaban J connectivity index is 1.80. The minimum absolute atomic E-state index is 0.172. The standard InChI is InChI=1S/C15H22N2O2/c18-14-9-11-16(12-6-2-1-3-7-12)15(19)13-8-4-5-10-17(13)14/h1-2,12-13H,3-11H2. The smallest absolute Gasteiger partial charge is 0.245 e. The summed E-state index contributed by atoms with van der Waals surface area (Å²) < 4.78 is 0. The van der Waals surface area contributed by atoms with Crippen LogP contribution in [0.1, 0.15) is 44.9 Å². The van der Waals surface area contributed by atoms with Gasteiger partial charge in [-0.05, 0) is 38.5 Å². The van der Waals surface area contributed by atoms with Crippen LogP contribution in [-0.2, 0) is 9.59 Å². The summed E-state index contributed by atoms with van der Waals surface area (Å²) >= 11 is 0. The lowest BCUT2D eigenvalue weighted by Crippen LogP contribution is -2.52.